The second-order valence-corrected chi connectivity index (χ2v) is 10.6. The van der Waals surface area contributed by atoms with Crippen LogP contribution in [0.25, 0.3) is 0 Å². The van der Waals surface area contributed by atoms with E-state index in [1.165, 1.54) is 0 Å². The minimum atomic E-state index is -3.62. The quantitative estimate of drug-likeness (QED) is 0.752. The van der Waals surface area contributed by atoms with Gasteiger partial charge in [0.15, 0.2) is 0 Å². The van der Waals surface area contributed by atoms with Gasteiger partial charge >= 0.3 is 0 Å². The summed E-state index contributed by atoms with van der Waals surface area (Å²) in [5.74, 6) is 0.722. The van der Waals surface area contributed by atoms with Crippen LogP contribution in [0.5, 0.6) is 5.75 Å². The van der Waals surface area contributed by atoms with Crippen molar-refractivity contribution in [2.45, 2.75) is 51.7 Å². The van der Waals surface area contributed by atoms with Gasteiger partial charge in [-0.25, -0.2) is 8.42 Å². The lowest BCUT2D eigenvalue weighted by Gasteiger charge is -2.38. The molecule has 0 saturated heterocycles. The Morgan fingerprint density at radius 1 is 1.17 bits per heavy atom. The molecule has 0 spiro atoms. The molecule has 162 valence electrons. The van der Waals surface area contributed by atoms with Gasteiger partial charge in [-0.3, -0.25) is 9.10 Å². The third-order valence-electron chi connectivity index (χ3n) is 5.25. The molecule has 0 aromatic heterocycles. The standard InChI is InChI=1S/C23H30N2O4S/c1-16(2)17-10-12-18(13-11-17)25(30(5,27)28)15-22(26)24-20-14-23(3,4)29-21-9-7-6-8-19(20)21/h6-13,16,20H,14-15H2,1-5H3,(H,24,26). The Balaban J connectivity index is 1.80. The number of hydrogen-bond donors (Lipinski definition) is 1. The van der Waals surface area contributed by atoms with Gasteiger partial charge in [0.2, 0.25) is 15.9 Å². The van der Waals surface area contributed by atoms with Crippen LogP contribution in [-0.2, 0) is 14.8 Å². The minimum Gasteiger partial charge on any atom is -0.487 e. The van der Waals surface area contributed by atoms with Gasteiger partial charge in [-0.15, -0.1) is 0 Å². The van der Waals surface area contributed by atoms with E-state index < -0.39 is 15.6 Å². The highest BCUT2D eigenvalue weighted by molar-refractivity contribution is 7.92. The average molecular weight is 431 g/mol. The van der Waals surface area contributed by atoms with Crippen molar-refractivity contribution in [2.75, 3.05) is 17.1 Å². The van der Waals surface area contributed by atoms with Crippen LogP contribution in [0.1, 0.15) is 57.2 Å². The smallest absolute Gasteiger partial charge is 0.241 e. The molecule has 2 aromatic carbocycles. The van der Waals surface area contributed by atoms with E-state index in [1.54, 1.807) is 12.1 Å². The number of amides is 1. The maximum absolute atomic E-state index is 12.9. The van der Waals surface area contributed by atoms with Gasteiger partial charge in [0.1, 0.15) is 17.9 Å². The summed E-state index contributed by atoms with van der Waals surface area (Å²) in [5.41, 5.74) is 2.05. The zero-order valence-electron chi connectivity index (χ0n) is 18.2. The molecular formula is C23H30N2O4S. The van der Waals surface area contributed by atoms with Gasteiger partial charge in [0, 0.05) is 12.0 Å². The van der Waals surface area contributed by atoms with Crippen LogP contribution in [0.2, 0.25) is 0 Å². The Bertz CT molecular complexity index is 1010. The minimum absolute atomic E-state index is 0.248. The molecule has 1 aliphatic heterocycles. The van der Waals surface area contributed by atoms with E-state index in [0.29, 0.717) is 18.0 Å². The summed E-state index contributed by atoms with van der Waals surface area (Å²) in [6.45, 7) is 7.82. The van der Waals surface area contributed by atoms with Gasteiger partial charge in [0.05, 0.1) is 18.0 Å². The lowest BCUT2D eigenvalue weighted by Crippen LogP contribution is -2.45. The van der Waals surface area contributed by atoms with E-state index in [9.17, 15) is 13.2 Å². The Morgan fingerprint density at radius 2 is 1.80 bits per heavy atom. The summed E-state index contributed by atoms with van der Waals surface area (Å²) >= 11 is 0. The Morgan fingerprint density at radius 3 is 2.40 bits per heavy atom. The highest BCUT2D eigenvalue weighted by Gasteiger charge is 2.34. The number of rotatable bonds is 6. The van der Waals surface area contributed by atoms with Crippen molar-refractivity contribution in [3.05, 3.63) is 59.7 Å². The topological polar surface area (TPSA) is 75.7 Å². The van der Waals surface area contributed by atoms with Crippen LogP contribution in [0.3, 0.4) is 0 Å². The number of sulfonamides is 1. The molecule has 3 rings (SSSR count). The molecule has 0 saturated carbocycles. The molecule has 0 bridgehead atoms. The van der Waals surface area contributed by atoms with Crippen LogP contribution < -0.4 is 14.4 Å². The number of nitrogens with one attached hydrogen (secondary N) is 1. The lowest BCUT2D eigenvalue weighted by molar-refractivity contribution is -0.120. The number of benzene rings is 2. The Labute approximate surface area is 179 Å². The molecule has 1 heterocycles. The third kappa shape index (κ3) is 5.14. The van der Waals surface area contributed by atoms with Crippen LogP contribution in [0.4, 0.5) is 5.69 Å². The molecule has 6 nitrogen and oxygen atoms in total. The highest BCUT2D eigenvalue weighted by Crippen LogP contribution is 2.39. The highest BCUT2D eigenvalue weighted by atomic mass is 32.2. The van der Waals surface area contributed by atoms with Crippen LogP contribution in [-0.4, -0.2) is 32.7 Å². The first-order chi connectivity index (χ1) is 14.0. The van der Waals surface area contributed by atoms with Crippen molar-refractivity contribution < 1.29 is 17.9 Å². The number of ether oxygens (including phenoxy) is 1. The lowest BCUT2D eigenvalue weighted by atomic mass is 9.89. The fraction of sp³-hybridized carbons (Fsp3) is 0.435. The Kier molecular flexibility index (Phi) is 6.13. The van der Waals surface area contributed by atoms with Crippen molar-refractivity contribution in [1.82, 2.24) is 5.32 Å². The fourth-order valence-electron chi connectivity index (χ4n) is 3.73. The van der Waals surface area contributed by atoms with Gasteiger partial charge in [-0.05, 0) is 43.5 Å². The maximum atomic E-state index is 12.9. The van der Waals surface area contributed by atoms with E-state index in [4.69, 9.17) is 4.74 Å². The molecule has 1 unspecified atom stereocenters. The number of hydrogen-bond acceptors (Lipinski definition) is 4. The predicted molar refractivity (Wildman–Crippen MR) is 119 cm³/mol. The molecule has 7 heteroatoms. The van der Waals surface area contributed by atoms with Crippen LogP contribution in [0, 0.1) is 0 Å². The fourth-order valence-corrected chi connectivity index (χ4v) is 4.58. The summed E-state index contributed by atoms with van der Waals surface area (Å²) in [6.07, 6.45) is 1.71. The van der Waals surface area contributed by atoms with Gasteiger partial charge in [0.25, 0.3) is 0 Å². The van der Waals surface area contributed by atoms with E-state index in [2.05, 4.69) is 19.2 Å². The number of nitrogens with zero attached hydrogens (tertiary/aromatic N) is 1. The van der Waals surface area contributed by atoms with E-state index in [-0.39, 0.29) is 18.5 Å². The molecule has 1 N–H and O–H groups in total. The van der Waals surface area contributed by atoms with Gasteiger partial charge in [-0.2, -0.15) is 0 Å². The molecule has 1 atom stereocenters. The molecule has 0 fully saturated rings. The summed E-state index contributed by atoms with van der Waals surface area (Å²) in [7, 11) is -3.62. The van der Waals surface area contributed by atoms with Crippen molar-refractivity contribution in [3.63, 3.8) is 0 Å². The summed E-state index contributed by atoms with van der Waals surface area (Å²) < 4.78 is 32.0. The van der Waals surface area contributed by atoms with Crippen molar-refractivity contribution in [1.29, 1.82) is 0 Å². The van der Waals surface area contributed by atoms with Crippen molar-refractivity contribution in [2.24, 2.45) is 0 Å². The molecule has 30 heavy (non-hydrogen) atoms. The molecule has 0 aliphatic carbocycles. The molecule has 2 aromatic rings. The zero-order chi connectivity index (χ0) is 22.1. The second-order valence-electron chi connectivity index (χ2n) is 8.74. The monoisotopic (exact) mass is 430 g/mol. The number of carbonyl (C=O) groups is 1. The van der Waals surface area contributed by atoms with E-state index >= 15 is 0 Å². The molecule has 0 radical (unpaired) electrons. The Hall–Kier alpha value is -2.54. The molecule has 1 amide bonds. The van der Waals surface area contributed by atoms with Crippen LogP contribution >= 0.6 is 0 Å². The maximum Gasteiger partial charge on any atom is 0.241 e. The van der Waals surface area contributed by atoms with Crippen LogP contribution in [0.15, 0.2) is 48.5 Å². The molecule has 1 aliphatic rings. The van der Waals surface area contributed by atoms with Gasteiger partial charge in [-0.1, -0.05) is 44.2 Å². The SMILES string of the molecule is CC(C)c1ccc(N(CC(=O)NC2CC(C)(C)Oc3ccccc32)S(C)(=O)=O)cc1. The predicted octanol–water partition coefficient (Wildman–Crippen LogP) is 3.99. The average Bonchev–Trinajstić information content (AvgIpc) is 2.64. The zero-order valence-corrected chi connectivity index (χ0v) is 19.0. The van der Waals surface area contributed by atoms with E-state index in [0.717, 1.165) is 27.4 Å². The van der Waals surface area contributed by atoms with E-state index in [1.807, 2.05) is 50.2 Å². The molecular weight excluding hydrogens is 400 g/mol. The summed E-state index contributed by atoms with van der Waals surface area (Å²) in [4.78, 5) is 12.9. The normalized spacial score (nSPS) is 17.7. The summed E-state index contributed by atoms with van der Waals surface area (Å²) in [5, 5.41) is 3.01. The number of anilines is 1. The number of carbonyl (C=O) groups excluding carboxylic acids is 1. The first-order valence-electron chi connectivity index (χ1n) is 10.1. The first kappa shape index (κ1) is 22.2. The van der Waals surface area contributed by atoms with Gasteiger partial charge < -0.3 is 10.1 Å². The number of para-hydroxylation sites is 1. The summed E-state index contributed by atoms with van der Waals surface area (Å²) in [6, 6.07) is 14.6. The second kappa shape index (κ2) is 8.30. The van der Waals surface area contributed by atoms with Crippen molar-refractivity contribution in [3.8, 4) is 5.75 Å². The third-order valence-corrected chi connectivity index (χ3v) is 6.39. The largest absolute Gasteiger partial charge is 0.487 e. The van der Waals surface area contributed by atoms with Crippen molar-refractivity contribution >= 4 is 21.6 Å². The number of fused-ring (bicyclic) bond motifs is 1. The first-order valence-corrected chi connectivity index (χ1v) is 12.0.